The van der Waals surface area contributed by atoms with Gasteiger partial charge in [-0.3, -0.25) is 0 Å². The minimum absolute atomic E-state index is 0. The van der Waals surface area contributed by atoms with Crippen molar-refractivity contribution in [3.8, 4) is 23.0 Å². The lowest BCUT2D eigenvalue weighted by atomic mass is 10.1. The van der Waals surface area contributed by atoms with Crippen LogP contribution in [0.5, 0.6) is 23.0 Å². The van der Waals surface area contributed by atoms with E-state index in [1.807, 2.05) is 60.7 Å². The fourth-order valence-electron chi connectivity index (χ4n) is 4.37. The summed E-state index contributed by atoms with van der Waals surface area (Å²) in [6.45, 7) is 0.493. The molecular weight excluding hydrogens is 728 g/mol. The van der Waals surface area contributed by atoms with Gasteiger partial charge < -0.3 is 38.3 Å². The Bertz CT molecular complexity index is 1620. The van der Waals surface area contributed by atoms with Gasteiger partial charge in [0.2, 0.25) is 0 Å². The molecule has 0 fully saturated rings. The average Bonchev–Trinajstić information content (AvgIpc) is 3.15. The number of aromatic hydroxyl groups is 1. The summed E-state index contributed by atoms with van der Waals surface area (Å²) in [5, 5.41) is 10.2. The Morgan fingerprint density at radius 1 is 0.615 bits per heavy atom. The minimum Gasteiger partial charge on any atom is -0.508 e. The van der Waals surface area contributed by atoms with E-state index < -0.39 is 11.9 Å². The molecule has 284 valence electrons. The SMILES string of the molecule is C.C.COCOc1ccc(O)c(CSc2ccccc2)c1C(=O)OC.COCOc1ccc(OCCCCl)c(CSc2ccccc2)c1C(=O)OC. The lowest BCUT2D eigenvalue weighted by molar-refractivity contribution is 0.0456. The Morgan fingerprint density at radius 3 is 1.52 bits per heavy atom. The maximum atomic E-state index is 12.5. The molecule has 4 aromatic carbocycles. The molecule has 0 aliphatic rings. The second kappa shape index (κ2) is 25.8. The van der Waals surface area contributed by atoms with Crippen molar-refractivity contribution in [1.29, 1.82) is 0 Å². The van der Waals surface area contributed by atoms with Crippen LogP contribution in [0.3, 0.4) is 0 Å². The zero-order chi connectivity index (χ0) is 36.1. The van der Waals surface area contributed by atoms with Gasteiger partial charge in [0, 0.05) is 52.5 Å². The number of esters is 2. The van der Waals surface area contributed by atoms with Crippen molar-refractivity contribution in [2.24, 2.45) is 0 Å². The number of hydrogen-bond acceptors (Lipinski definition) is 12. The normalized spacial score (nSPS) is 10.0. The number of ether oxygens (including phenoxy) is 7. The largest absolute Gasteiger partial charge is 0.508 e. The van der Waals surface area contributed by atoms with Crippen molar-refractivity contribution >= 4 is 47.1 Å². The Morgan fingerprint density at radius 2 is 1.06 bits per heavy atom. The van der Waals surface area contributed by atoms with Gasteiger partial charge in [-0.25, -0.2) is 9.59 Å². The molecule has 0 aliphatic carbocycles. The standard InChI is InChI=1S/C20H23ClO5S.C17H18O5S.2CH4/c1-23-14-26-18-10-9-17(25-12-6-11-21)16(19(18)20(22)24-2)13-27-15-7-4-3-5-8-15;1-20-11-22-15-9-8-14(18)13(16(15)17(19)21-2)10-23-12-6-4-3-5-7-12;;/h3-5,7-10H,6,11-14H2,1-2H3;3-9,18H,10-11H2,1-2H3;2*1H4. The van der Waals surface area contributed by atoms with Crippen LogP contribution in [-0.2, 0) is 30.5 Å². The van der Waals surface area contributed by atoms with E-state index in [0.29, 0.717) is 58.8 Å². The second-order valence-corrected chi connectivity index (χ2v) is 12.5. The van der Waals surface area contributed by atoms with Crippen LogP contribution in [0.25, 0.3) is 0 Å². The first-order chi connectivity index (χ1) is 24.4. The molecule has 1 N–H and O–H groups in total. The molecule has 0 unspecified atom stereocenters. The number of halogens is 1. The summed E-state index contributed by atoms with van der Waals surface area (Å²) in [6, 6.07) is 26.2. The van der Waals surface area contributed by atoms with Gasteiger partial charge in [0.05, 0.1) is 20.8 Å². The lowest BCUT2D eigenvalue weighted by Crippen LogP contribution is -2.12. The Hall–Kier alpha value is -4.07. The molecule has 0 radical (unpaired) electrons. The fraction of sp³-hybridized carbons (Fsp3) is 0.333. The van der Waals surface area contributed by atoms with E-state index in [0.717, 1.165) is 15.4 Å². The summed E-state index contributed by atoms with van der Waals surface area (Å²) in [5.41, 5.74) is 1.76. The molecule has 52 heavy (non-hydrogen) atoms. The van der Waals surface area contributed by atoms with Crippen molar-refractivity contribution < 1.29 is 47.9 Å². The Balaban J connectivity index is 0.000000506. The monoisotopic (exact) mass is 776 g/mol. The molecule has 0 spiro atoms. The quantitative estimate of drug-likeness (QED) is 0.0341. The van der Waals surface area contributed by atoms with Gasteiger partial charge in [-0.05, 0) is 55.0 Å². The van der Waals surface area contributed by atoms with E-state index in [1.54, 1.807) is 23.9 Å². The number of hydrogen-bond donors (Lipinski definition) is 1. The molecule has 0 bridgehead atoms. The number of thioether (sulfide) groups is 2. The fourth-order valence-corrected chi connectivity index (χ4v) is 6.37. The highest BCUT2D eigenvalue weighted by atomic mass is 35.5. The maximum Gasteiger partial charge on any atom is 0.342 e. The number of rotatable bonds is 18. The van der Waals surface area contributed by atoms with Gasteiger partial charge in [-0.2, -0.15) is 0 Å². The van der Waals surface area contributed by atoms with Gasteiger partial charge in [0.1, 0.15) is 34.1 Å². The van der Waals surface area contributed by atoms with Crippen molar-refractivity contribution in [2.75, 3.05) is 54.5 Å². The summed E-state index contributed by atoms with van der Waals surface area (Å²) in [7, 11) is 5.65. The number of methoxy groups -OCH3 is 4. The molecule has 4 aromatic rings. The highest BCUT2D eigenvalue weighted by Gasteiger charge is 2.24. The van der Waals surface area contributed by atoms with Crippen LogP contribution in [0.4, 0.5) is 0 Å². The Kier molecular flexibility index (Phi) is 22.8. The molecule has 0 aliphatic heterocycles. The molecule has 4 rings (SSSR count). The average molecular weight is 777 g/mol. The van der Waals surface area contributed by atoms with E-state index in [9.17, 15) is 14.7 Å². The van der Waals surface area contributed by atoms with Gasteiger partial charge in [-0.15, -0.1) is 35.1 Å². The summed E-state index contributed by atoms with van der Waals surface area (Å²) >= 11 is 8.85. The zero-order valence-electron chi connectivity index (χ0n) is 28.3. The first kappa shape index (κ1) is 46.0. The predicted molar refractivity (Wildman–Crippen MR) is 209 cm³/mol. The second-order valence-electron chi connectivity index (χ2n) is 10.0. The number of phenolic OH excluding ortho intramolecular Hbond substituents is 1. The van der Waals surface area contributed by atoms with Crippen LogP contribution in [0.1, 0.15) is 53.1 Å². The number of carbonyl (C=O) groups excluding carboxylic acids is 2. The minimum atomic E-state index is -0.560. The molecule has 13 heteroatoms. The molecule has 0 atom stereocenters. The molecule has 0 saturated heterocycles. The molecule has 10 nitrogen and oxygen atoms in total. The predicted octanol–water partition coefficient (Wildman–Crippen LogP) is 9.48. The summed E-state index contributed by atoms with van der Waals surface area (Å²) < 4.78 is 36.5. The van der Waals surface area contributed by atoms with E-state index >= 15 is 0 Å². The first-order valence-corrected chi connectivity index (χ1v) is 17.8. The van der Waals surface area contributed by atoms with Crippen molar-refractivity contribution in [3.63, 3.8) is 0 Å². The van der Waals surface area contributed by atoms with Gasteiger partial charge in [0.15, 0.2) is 13.6 Å². The van der Waals surface area contributed by atoms with Crippen LogP contribution in [0.2, 0.25) is 0 Å². The highest BCUT2D eigenvalue weighted by molar-refractivity contribution is 7.98. The smallest absolute Gasteiger partial charge is 0.342 e. The van der Waals surface area contributed by atoms with E-state index in [4.69, 9.17) is 44.8 Å². The molecule has 0 saturated carbocycles. The van der Waals surface area contributed by atoms with Crippen LogP contribution >= 0.6 is 35.1 Å². The van der Waals surface area contributed by atoms with Crippen molar-refractivity contribution in [1.82, 2.24) is 0 Å². The van der Waals surface area contributed by atoms with Gasteiger partial charge in [0.25, 0.3) is 0 Å². The van der Waals surface area contributed by atoms with E-state index in [1.165, 1.54) is 52.3 Å². The number of alkyl halides is 1. The lowest BCUT2D eigenvalue weighted by Gasteiger charge is -2.18. The van der Waals surface area contributed by atoms with Crippen LogP contribution in [-0.4, -0.2) is 71.6 Å². The first-order valence-electron chi connectivity index (χ1n) is 15.3. The summed E-state index contributed by atoms with van der Waals surface area (Å²) in [5.74, 6) is 1.76. The topological polar surface area (TPSA) is 119 Å². The summed E-state index contributed by atoms with van der Waals surface area (Å²) in [4.78, 5) is 26.7. The third-order valence-electron chi connectivity index (χ3n) is 6.71. The van der Waals surface area contributed by atoms with Crippen molar-refractivity contribution in [3.05, 3.63) is 107 Å². The van der Waals surface area contributed by atoms with E-state index in [2.05, 4.69) is 0 Å². The number of benzene rings is 4. The van der Waals surface area contributed by atoms with Crippen LogP contribution < -0.4 is 14.2 Å². The van der Waals surface area contributed by atoms with Crippen molar-refractivity contribution in [2.45, 2.75) is 42.6 Å². The molecule has 0 aromatic heterocycles. The van der Waals surface area contributed by atoms with Crippen LogP contribution in [0.15, 0.2) is 94.7 Å². The van der Waals surface area contributed by atoms with Gasteiger partial charge in [-0.1, -0.05) is 51.3 Å². The maximum absolute atomic E-state index is 12.5. The highest BCUT2D eigenvalue weighted by Crippen LogP contribution is 2.37. The third-order valence-corrected chi connectivity index (χ3v) is 9.06. The Labute approximate surface area is 321 Å². The molecule has 0 heterocycles. The van der Waals surface area contributed by atoms with Crippen LogP contribution in [0, 0.1) is 0 Å². The third kappa shape index (κ3) is 14.2. The number of phenols is 1. The van der Waals surface area contributed by atoms with E-state index in [-0.39, 0.29) is 39.8 Å². The molecular formula is C39H49ClO10S2. The molecule has 0 amide bonds. The van der Waals surface area contributed by atoms with Gasteiger partial charge >= 0.3 is 11.9 Å². The zero-order valence-corrected chi connectivity index (χ0v) is 30.7. The summed E-state index contributed by atoms with van der Waals surface area (Å²) in [6.07, 6.45) is 0.711. The number of carbonyl (C=O) groups is 2.